The highest BCUT2D eigenvalue weighted by atomic mass is 19.3. The fourth-order valence-electron chi connectivity index (χ4n) is 2.44. The summed E-state index contributed by atoms with van der Waals surface area (Å²) < 4.78 is 58.4. The van der Waals surface area contributed by atoms with Crippen LogP contribution < -0.4 is 9.47 Å². The van der Waals surface area contributed by atoms with Crippen molar-refractivity contribution in [1.29, 1.82) is 0 Å². The van der Waals surface area contributed by atoms with Crippen molar-refractivity contribution in [1.82, 2.24) is 4.98 Å². The van der Waals surface area contributed by atoms with Gasteiger partial charge in [0.15, 0.2) is 0 Å². The summed E-state index contributed by atoms with van der Waals surface area (Å²) in [5.74, 6) is -0.604. The molecule has 0 amide bonds. The molecule has 2 aromatic carbocycles. The Labute approximate surface area is 151 Å². The third-order valence-corrected chi connectivity index (χ3v) is 3.58. The molecule has 3 rings (SSSR count). The molecular formula is C19H13F4NO3. The molecule has 4 nitrogen and oxygen atoms in total. The van der Waals surface area contributed by atoms with Crippen molar-refractivity contribution in [2.45, 2.75) is 13.2 Å². The predicted octanol–water partition coefficient (Wildman–Crippen LogP) is 5.31. The summed E-state index contributed by atoms with van der Waals surface area (Å²) in [4.78, 5) is 4.29. The van der Waals surface area contributed by atoms with Gasteiger partial charge in [-0.15, -0.1) is 0 Å². The summed E-state index contributed by atoms with van der Waals surface area (Å²) in [6.45, 7) is -6.21. The monoisotopic (exact) mass is 379 g/mol. The summed E-state index contributed by atoms with van der Waals surface area (Å²) in [7, 11) is 0. The van der Waals surface area contributed by atoms with E-state index in [0.717, 1.165) is 11.5 Å². The van der Waals surface area contributed by atoms with Gasteiger partial charge in [-0.3, -0.25) is 0 Å². The van der Waals surface area contributed by atoms with E-state index in [1.165, 1.54) is 30.4 Å². The van der Waals surface area contributed by atoms with Crippen LogP contribution in [-0.2, 0) is 0 Å². The number of hydrogen-bond acceptors (Lipinski definition) is 4. The summed E-state index contributed by atoms with van der Waals surface area (Å²) in [6.07, 6.45) is 2.96. The molecule has 0 saturated carbocycles. The maximum Gasteiger partial charge on any atom is 0.387 e. The summed E-state index contributed by atoms with van der Waals surface area (Å²) in [5.41, 5.74) is 1.07. The van der Waals surface area contributed by atoms with Crippen LogP contribution in [0.2, 0.25) is 0 Å². The highest BCUT2D eigenvalue weighted by Crippen LogP contribution is 2.29. The van der Waals surface area contributed by atoms with Crippen molar-refractivity contribution in [3.05, 3.63) is 59.8 Å². The number of pyridine rings is 1. The number of halogens is 4. The Bertz CT molecular complexity index is 976. The first kappa shape index (κ1) is 18.5. The molecule has 27 heavy (non-hydrogen) atoms. The Morgan fingerprint density at radius 1 is 0.889 bits per heavy atom. The van der Waals surface area contributed by atoms with Crippen molar-refractivity contribution >= 4 is 23.1 Å². The number of phenolic OH excluding ortho intramolecular Hbond substituents is 1. The van der Waals surface area contributed by atoms with E-state index in [4.69, 9.17) is 0 Å². The number of aromatic hydroxyl groups is 1. The zero-order chi connectivity index (χ0) is 19.4. The number of rotatable bonds is 6. The highest BCUT2D eigenvalue weighted by Gasteiger charge is 2.12. The van der Waals surface area contributed by atoms with Gasteiger partial charge in [0.2, 0.25) is 0 Å². The third kappa shape index (κ3) is 4.66. The minimum absolute atomic E-state index is 0.0120. The van der Waals surface area contributed by atoms with Crippen LogP contribution in [0.3, 0.4) is 0 Å². The third-order valence-electron chi connectivity index (χ3n) is 3.58. The number of aromatic nitrogens is 1. The fraction of sp³-hybridized carbons (Fsp3) is 0.105. The summed E-state index contributed by atoms with van der Waals surface area (Å²) in [6, 6.07) is 11.9. The lowest BCUT2D eigenvalue weighted by Gasteiger charge is -2.11. The van der Waals surface area contributed by atoms with E-state index in [1.54, 1.807) is 24.3 Å². The first-order valence-electron chi connectivity index (χ1n) is 7.73. The molecule has 1 aromatic heterocycles. The number of para-hydroxylation sites is 1. The van der Waals surface area contributed by atoms with Gasteiger partial charge >= 0.3 is 13.2 Å². The summed E-state index contributed by atoms with van der Waals surface area (Å²) in [5, 5.41) is 10.6. The van der Waals surface area contributed by atoms with Gasteiger partial charge in [0.1, 0.15) is 22.8 Å². The second-order valence-corrected chi connectivity index (χ2v) is 5.37. The number of ether oxygens (including phenoxy) is 2. The second kappa shape index (κ2) is 7.94. The van der Waals surface area contributed by atoms with E-state index in [9.17, 15) is 22.7 Å². The fourth-order valence-corrected chi connectivity index (χ4v) is 2.44. The lowest BCUT2D eigenvalue weighted by Crippen LogP contribution is -2.05. The Balaban J connectivity index is 1.92. The van der Waals surface area contributed by atoms with Crippen molar-refractivity contribution in [2.24, 2.45) is 0 Å². The molecule has 0 radical (unpaired) electrons. The van der Waals surface area contributed by atoms with Gasteiger partial charge in [0.05, 0.1) is 5.69 Å². The van der Waals surface area contributed by atoms with Crippen LogP contribution in [0.15, 0.2) is 48.5 Å². The van der Waals surface area contributed by atoms with Crippen LogP contribution in [-0.4, -0.2) is 23.3 Å². The lowest BCUT2D eigenvalue weighted by molar-refractivity contribution is -0.0543. The number of nitrogens with zero attached hydrogens (tertiary/aromatic N) is 1. The Kier molecular flexibility index (Phi) is 5.44. The maximum atomic E-state index is 12.6. The van der Waals surface area contributed by atoms with Crippen LogP contribution in [0.5, 0.6) is 17.2 Å². The molecule has 0 aliphatic carbocycles. The molecule has 140 valence electrons. The molecule has 3 aromatic rings. The zero-order valence-electron chi connectivity index (χ0n) is 13.7. The van der Waals surface area contributed by atoms with Gasteiger partial charge in [0, 0.05) is 17.0 Å². The molecule has 0 fully saturated rings. The molecule has 8 heteroatoms. The Morgan fingerprint density at radius 2 is 1.67 bits per heavy atom. The van der Waals surface area contributed by atoms with Gasteiger partial charge in [-0.05, 0) is 36.4 Å². The first-order valence-corrected chi connectivity index (χ1v) is 7.73. The smallest absolute Gasteiger partial charge is 0.387 e. The molecule has 1 N–H and O–H groups in total. The van der Waals surface area contributed by atoms with Gasteiger partial charge in [-0.2, -0.15) is 17.6 Å². The van der Waals surface area contributed by atoms with Crippen molar-refractivity contribution in [3.8, 4) is 17.2 Å². The Hall–Kier alpha value is -3.29. The molecule has 0 aliphatic rings. The lowest BCUT2D eigenvalue weighted by atomic mass is 10.1. The van der Waals surface area contributed by atoms with Gasteiger partial charge in [0.25, 0.3) is 0 Å². The SMILES string of the molecule is Oc1cccc2ccc(/C=C/c3ccc(OC(F)F)cc3OC(F)F)nc12. The van der Waals surface area contributed by atoms with E-state index < -0.39 is 13.2 Å². The van der Waals surface area contributed by atoms with Crippen molar-refractivity contribution in [2.75, 3.05) is 0 Å². The minimum atomic E-state index is -3.13. The molecule has 0 atom stereocenters. The average Bonchev–Trinajstić information content (AvgIpc) is 2.60. The highest BCUT2D eigenvalue weighted by molar-refractivity contribution is 5.85. The molecule has 0 aliphatic heterocycles. The van der Waals surface area contributed by atoms with E-state index in [1.807, 2.05) is 0 Å². The van der Waals surface area contributed by atoms with Crippen molar-refractivity contribution in [3.63, 3.8) is 0 Å². The van der Waals surface area contributed by atoms with Crippen molar-refractivity contribution < 1.29 is 32.1 Å². The van der Waals surface area contributed by atoms with E-state index in [0.29, 0.717) is 11.2 Å². The molecule has 0 unspecified atom stereocenters. The van der Waals surface area contributed by atoms with E-state index >= 15 is 0 Å². The van der Waals surface area contributed by atoms with Gasteiger partial charge in [-0.25, -0.2) is 4.98 Å². The minimum Gasteiger partial charge on any atom is -0.506 e. The maximum absolute atomic E-state index is 12.6. The topological polar surface area (TPSA) is 51.6 Å². The van der Waals surface area contributed by atoms with Crippen LogP contribution in [0, 0.1) is 0 Å². The number of alkyl halides is 4. The number of phenols is 1. The number of fused-ring (bicyclic) bond motifs is 1. The Morgan fingerprint density at radius 3 is 2.41 bits per heavy atom. The summed E-state index contributed by atoms with van der Waals surface area (Å²) >= 11 is 0. The zero-order valence-corrected chi connectivity index (χ0v) is 13.7. The average molecular weight is 379 g/mol. The molecule has 1 heterocycles. The normalized spacial score (nSPS) is 11.6. The van der Waals surface area contributed by atoms with Gasteiger partial charge < -0.3 is 14.6 Å². The number of benzene rings is 2. The van der Waals surface area contributed by atoms with Crippen LogP contribution >= 0.6 is 0 Å². The van der Waals surface area contributed by atoms with Gasteiger partial charge in [-0.1, -0.05) is 18.2 Å². The van der Waals surface area contributed by atoms with Crippen LogP contribution in [0.4, 0.5) is 17.6 Å². The molecule has 0 saturated heterocycles. The van der Waals surface area contributed by atoms with E-state index in [-0.39, 0.29) is 22.8 Å². The quantitative estimate of drug-likeness (QED) is 0.590. The van der Waals surface area contributed by atoms with Crippen LogP contribution in [0.1, 0.15) is 11.3 Å². The molecular weight excluding hydrogens is 366 g/mol. The van der Waals surface area contributed by atoms with Crippen LogP contribution in [0.25, 0.3) is 23.1 Å². The standard InChI is InChI=1S/C19H13F4NO3/c20-18(21)26-14-9-6-11(16(10-14)27-19(22)23)4-7-13-8-5-12-2-1-3-15(25)17(12)24-13/h1-10,18-19,25H/b7-4+. The van der Waals surface area contributed by atoms with E-state index in [2.05, 4.69) is 14.5 Å². The first-order chi connectivity index (χ1) is 12.9. The number of hydrogen-bond donors (Lipinski definition) is 1. The molecule has 0 spiro atoms. The predicted molar refractivity (Wildman–Crippen MR) is 92.0 cm³/mol. The largest absolute Gasteiger partial charge is 0.506 e. The molecule has 0 bridgehead atoms. The second-order valence-electron chi connectivity index (χ2n) is 5.37.